The van der Waals surface area contributed by atoms with Crippen LogP contribution >= 0.6 is 15.9 Å². The van der Waals surface area contributed by atoms with Gasteiger partial charge in [0.2, 0.25) is 11.8 Å². The molecule has 52 heavy (non-hydrogen) atoms. The Balaban J connectivity index is 1.43. The zero-order chi connectivity index (χ0) is 37.0. The third-order valence-corrected chi connectivity index (χ3v) is 11.8. The fourth-order valence-electron chi connectivity index (χ4n) is 8.59. The lowest BCUT2D eigenvalue weighted by molar-refractivity contribution is -0.147. The predicted molar refractivity (Wildman–Crippen MR) is 208 cm³/mol. The smallest absolute Gasteiger partial charge is 0.253 e. The number of hydrogen-bond donors (Lipinski definition) is 1. The van der Waals surface area contributed by atoms with Gasteiger partial charge in [0.05, 0.1) is 30.6 Å². The number of benzene rings is 3. The molecule has 3 amide bonds. The van der Waals surface area contributed by atoms with Crippen molar-refractivity contribution in [1.82, 2.24) is 9.80 Å². The highest BCUT2D eigenvalue weighted by atomic mass is 79.9. The average molecular weight is 770 g/mol. The van der Waals surface area contributed by atoms with Crippen LogP contribution in [0.25, 0.3) is 0 Å². The average Bonchev–Trinajstić information content (AvgIpc) is 3.77. The van der Waals surface area contributed by atoms with Crippen LogP contribution in [0.4, 0.5) is 11.4 Å². The number of anilines is 2. The van der Waals surface area contributed by atoms with Crippen molar-refractivity contribution in [2.75, 3.05) is 42.6 Å². The maximum Gasteiger partial charge on any atom is 0.253 e. The molecule has 7 atom stereocenters. The molecule has 0 aromatic heterocycles. The molecule has 0 radical (unpaired) electrons. The SMILES string of the molecule is C=CCN(Cc1ccccc1)C(=O)[C@H]1[C@H]2C(=O)N([C@@H](CO)Cc3ccccc3)C(C(=O)N(CC=C)c3ccc(N(CC)CC)cc3)C23CC(Br)[C@@H]1O3. The van der Waals surface area contributed by atoms with Gasteiger partial charge in [-0.05, 0) is 62.1 Å². The van der Waals surface area contributed by atoms with Gasteiger partial charge in [-0.15, -0.1) is 13.2 Å². The number of carbonyl (C=O) groups is 3. The molecule has 1 N–H and O–H groups in total. The number of aliphatic hydroxyl groups is 1. The van der Waals surface area contributed by atoms with E-state index < -0.39 is 35.6 Å². The highest BCUT2D eigenvalue weighted by molar-refractivity contribution is 9.09. The third kappa shape index (κ3) is 6.84. The highest BCUT2D eigenvalue weighted by Gasteiger charge is 2.77. The van der Waals surface area contributed by atoms with Crippen molar-refractivity contribution in [3.05, 3.63) is 121 Å². The summed E-state index contributed by atoms with van der Waals surface area (Å²) in [5, 5.41) is 11.0. The number of fused-ring (bicyclic) bond motifs is 1. The molecular weight excluding hydrogens is 720 g/mol. The Morgan fingerprint density at radius 3 is 2.10 bits per heavy atom. The molecule has 3 fully saturated rings. The van der Waals surface area contributed by atoms with Crippen LogP contribution in [0.2, 0.25) is 0 Å². The molecule has 10 heteroatoms. The molecule has 3 aromatic rings. The first-order valence-corrected chi connectivity index (χ1v) is 19.1. The number of rotatable bonds is 16. The highest BCUT2D eigenvalue weighted by Crippen LogP contribution is 2.61. The summed E-state index contributed by atoms with van der Waals surface area (Å²) in [6, 6.07) is 25.3. The molecule has 0 aliphatic carbocycles. The monoisotopic (exact) mass is 768 g/mol. The van der Waals surface area contributed by atoms with Gasteiger partial charge in [-0.2, -0.15) is 0 Å². The van der Waals surface area contributed by atoms with Gasteiger partial charge in [0.15, 0.2) is 0 Å². The summed E-state index contributed by atoms with van der Waals surface area (Å²) >= 11 is 3.82. The fourth-order valence-corrected chi connectivity index (χ4v) is 9.54. The van der Waals surface area contributed by atoms with Crippen LogP contribution in [-0.4, -0.2) is 94.0 Å². The van der Waals surface area contributed by atoms with Gasteiger partial charge in [0.1, 0.15) is 11.6 Å². The van der Waals surface area contributed by atoms with Gasteiger partial charge >= 0.3 is 0 Å². The van der Waals surface area contributed by atoms with Crippen LogP contribution in [0.5, 0.6) is 0 Å². The molecule has 3 heterocycles. The topological polar surface area (TPSA) is 93.6 Å². The minimum Gasteiger partial charge on any atom is -0.394 e. The van der Waals surface area contributed by atoms with Crippen molar-refractivity contribution < 1.29 is 24.2 Å². The number of likely N-dealkylation sites (tertiary alicyclic amines) is 1. The number of ether oxygens (including phenoxy) is 1. The Hall–Kier alpha value is -4.25. The van der Waals surface area contributed by atoms with Gasteiger partial charge in [-0.25, -0.2) is 0 Å². The second kappa shape index (κ2) is 16.2. The van der Waals surface area contributed by atoms with E-state index in [2.05, 4.69) is 47.8 Å². The number of alkyl halides is 1. The summed E-state index contributed by atoms with van der Waals surface area (Å²) < 4.78 is 6.89. The van der Waals surface area contributed by atoms with Crippen LogP contribution in [0.1, 0.15) is 31.4 Å². The molecule has 6 rings (SSSR count). The number of halogens is 1. The van der Waals surface area contributed by atoms with Gasteiger partial charge in [0.25, 0.3) is 5.91 Å². The van der Waals surface area contributed by atoms with Gasteiger partial charge in [0, 0.05) is 48.9 Å². The molecule has 2 bridgehead atoms. The van der Waals surface area contributed by atoms with E-state index in [-0.39, 0.29) is 42.2 Å². The van der Waals surface area contributed by atoms with E-state index in [9.17, 15) is 9.90 Å². The lowest BCUT2D eigenvalue weighted by Crippen LogP contribution is -2.59. The van der Waals surface area contributed by atoms with E-state index >= 15 is 9.59 Å². The Bertz CT molecular complexity index is 1740. The maximum absolute atomic E-state index is 15.3. The first kappa shape index (κ1) is 37.5. The van der Waals surface area contributed by atoms with Gasteiger partial charge < -0.3 is 29.4 Å². The van der Waals surface area contributed by atoms with Crippen molar-refractivity contribution >= 4 is 45.0 Å². The largest absolute Gasteiger partial charge is 0.394 e. The van der Waals surface area contributed by atoms with Crippen molar-refractivity contribution in [3.63, 3.8) is 0 Å². The molecule has 3 saturated heterocycles. The maximum atomic E-state index is 15.3. The summed E-state index contributed by atoms with van der Waals surface area (Å²) in [6.45, 7) is 14.2. The van der Waals surface area contributed by atoms with Crippen LogP contribution in [0.15, 0.2) is 110 Å². The van der Waals surface area contributed by atoms with Crippen LogP contribution in [-0.2, 0) is 32.1 Å². The van der Waals surface area contributed by atoms with E-state index in [1.165, 1.54) is 0 Å². The lowest BCUT2D eigenvalue weighted by Gasteiger charge is -2.39. The zero-order valence-electron chi connectivity index (χ0n) is 30.0. The minimum absolute atomic E-state index is 0.193. The van der Waals surface area contributed by atoms with Crippen molar-refractivity contribution in [2.45, 2.75) is 61.8 Å². The Kier molecular flexibility index (Phi) is 11.7. The summed E-state index contributed by atoms with van der Waals surface area (Å²) in [5.74, 6) is -2.66. The van der Waals surface area contributed by atoms with E-state index in [0.29, 0.717) is 25.1 Å². The fraction of sp³-hybridized carbons (Fsp3) is 0.405. The quantitative estimate of drug-likeness (QED) is 0.150. The first-order valence-electron chi connectivity index (χ1n) is 18.2. The Morgan fingerprint density at radius 1 is 0.923 bits per heavy atom. The second-order valence-corrected chi connectivity index (χ2v) is 15.0. The molecule has 274 valence electrons. The van der Waals surface area contributed by atoms with Crippen molar-refractivity contribution in [3.8, 4) is 0 Å². The van der Waals surface area contributed by atoms with Gasteiger partial charge in [-0.1, -0.05) is 88.7 Å². The molecule has 3 aliphatic rings. The Labute approximate surface area is 315 Å². The standard InChI is InChI=1S/C42H49BrN4O5/c1-5-23-45(27-30-17-13-10-14-18-30)39(49)35-36-40(50)47(33(28-48)25-29-15-11-9-12-16-29)38(42(36)26-34(43)37(35)52-42)41(51)46(24-6-2)32-21-19-31(20-22-32)44(7-3)8-4/h5-6,9-22,33-38,48H,1-2,7-8,23-28H2,3-4H3/t33-,34?,35+,36+,37+,38?,42?/m1/s1. The molecule has 3 aromatic carbocycles. The number of aliphatic hydroxyl groups excluding tert-OH is 1. The van der Waals surface area contributed by atoms with E-state index in [1.54, 1.807) is 26.9 Å². The number of nitrogens with zero attached hydrogens (tertiary/aromatic N) is 4. The minimum atomic E-state index is -1.30. The van der Waals surface area contributed by atoms with Crippen molar-refractivity contribution in [1.29, 1.82) is 0 Å². The summed E-state index contributed by atoms with van der Waals surface area (Å²) in [6.07, 6.45) is 3.42. The van der Waals surface area contributed by atoms with E-state index in [0.717, 1.165) is 29.9 Å². The second-order valence-electron chi connectivity index (χ2n) is 13.9. The molecule has 9 nitrogen and oxygen atoms in total. The normalized spacial score (nSPS) is 25.0. The molecule has 0 saturated carbocycles. The first-order chi connectivity index (χ1) is 25.2. The summed E-state index contributed by atoms with van der Waals surface area (Å²) in [5.41, 5.74) is 2.27. The number of amides is 3. The summed E-state index contributed by atoms with van der Waals surface area (Å²) in [7, 11) is 0. The third-order valence-electron chi connectivity index (χ3n) is 10.9. The van der Waals surface area contributed by atoms with Crippen molar-refractivity contribution in [2.24, 2.45) is 11.8 Å². The molecule has 3 aliphatic heterocycles. The molecule has 3 unspecified atom stereocenters. The van der Waals surface area contributed by atoms with Crippen LogP contribution in [0.3, 0.4) is 0 Å². The van der Waals surface area contributed by atoms with Crippen LogP contribution in [0, 0.1) is 11.8 Å². The number of carbonyl (C=O) groups excluding carboxylic acids is 3. The van der Waals surface area contributed by atoms with Gasteiger partial charge in [-0.3, -0.25) is 14.4 Å². The zero-order valence-corrected chi connectivity index (χ0v) is 31.6. The summed E-state index contributed by atoms with van der Waals surface area (Å²) in [4.78, 5) is 51.9. The predicted octanol–water partition coefficient (Wildman–Crippen LogP) is 5.62. The van der Waals surface area contributed by atoms with E-state index in [4.69, 9.17) is 4.74 Å². The number of hydrogen-bond acceptors (Lipinski definition) is 6. The van der Waals surface area contributed by atoms with E-state index in [1.807, 2.05) is 84.9 Å². The lowest BCUT2D eigenvalue weighted by atomic mass is 9.70. The van der Waals surface area contributed by atoms with Crippen LogP contribution < -0.4 is 9.80 Å². The Morgan fingerprint density at radius 2 is 1.52 bits per heavy atom. The molecule has 1 spiro atoms. The molecular formula is C42H49BrN4O5.